The molecule has 1 unspecified atom stereocenters. The molecular formula is C25H31N5O2. The number of benzene rings is 2. The minimum Gasteiger partial charge on any atom is -0.491 e. The lowest BCUT2D eigenvalue weighted by atomic mass is 10.1. The summed E-state index contributed by atoms with van der Waals surface area (Å²) in [4.78, 5) is 7.07. The average Bonchev–Trinajstić information content (AvgIpc) is 3.28. The first-order valence-corrected chi connectivity index (χ1v) is 11.1. The van der Waals surface area contributed by atoms with Gasteiger partial charge in [0.15, 0.2) is 5.96 Å². The van der Waals surface area contributed by atoms with E-state index in [9.17, 15) is 0 Å². The van der Waals surface area contributed by atoms with E-state index in [4.69, 9.17) is 14.5 Å². The number of aromatic nitrogens is 2. The Bertz CT molecular complexity index is 1020. The standard InChI is InChI=1S/C25H31N5O2/c1-3-26-25(30-14-16-32-24(19-30)21-17-28-29(2)18-21)27-13-15-31-23-12-8-7-11-22(23)20-9-5-4-6-10-20/h4-12,17-18,24H,3,13-16,19H2,1-2H3,(H,26,27). The fraction of sp³-hybridized carbons (Fsp3) is 0.360. The zero-order valence-corrected chi connectivity index (χ0v) is 18.8. The normalized spacial score (nSPS) is 16.8. The van der Waals surface area contributed by atoms with E-state index in [1.54, 1.807) is 0 Å². The van der Waals surface area contributed by atoms with Crippen molar-refractivity contribution in [2.75, 3.05) is 39.4 Å². The van der Waals surface area contributed by atoms with Gasteiger partial charge in [-0.3, -0.25) is 4.68 Å². The number of guanidine groups is 1. The highest BCUT2D eigenvalue weighted by atomic mass is 16.5. The fourth-order valence-corrected chi connectivity index (χ4v) is 3.83. The number of morpholine rings is 1. The predicted octanol–water partition coefficient (Wildman–Crippen LogP) is 3.50. The van der Waals surface area contributed by atoms with E-state index >= 15 is 0 Å². The van der Waals surface area contributed by atoms with Crippen molar-refractivity contribution in [3.05, 3.63) is 72.6 Å². The van der Waals surface area contributed by atoms with Gasteiger partial charge in [0.2, 0.25) is 0 Å². The van der Waals surface area contributed by atoms with Gasteiger partial charge in [0.1, 0.15) is 18.5 Å². The molecule has 1 atom stereocenters. The Kier molecular flexibility index (Phi) is 7.40. The van der Waals surface area contributed by atoms with Gasteiger partial charge < -0.3 is 19.7 Å². The van der Waals surface area contributed by atoms with Crippen molar-refractivity contribution >= 4 is 5.96 Å². The summed E-state index contributed by atoms with van der Waals surface area (Å²) in [7, 11) is 1.92. The smallest absolute Gasteiger partial charge is 0.194 e. The third-order valence-electron chi connectivity index (χ3n) is 5.38. The third-order valence-corrected chi connectivity index (χ3v) is 5.38. The molecule has 1 saturated heterocycles. The number of hydrogen-bond donors (Lipinski definition) is 1. The maximum Gasteiger partial charge on any atom is 0.194 e. The van der Waals surface area contributed by atoms with Crippen LogP contribution in [0.25, 0.3) is 11.1 Å². The van der Waals surface area contributed by atoms with Gasteiger partial charge in [0.25, 0.3) is 0 Å². The van der Waals surface area contributed by atoms with Gasteiger partial charge in [-0.25, -0.2) is 4.99 Å². The van der Waals surface area contributed by atoms with Crippen LogP contribution in [0.3, 0.4) is 0 Å². The van der Waals surface area contributed by atoms with E-state index in [0.29, 0.717) is 19.8 Å². The Morgan fingerprint density at radius 2 is 2.00 bits per heavy atom. The van der Waals surface area contributed by atoms with Crippen molar-refractivity contribution in [1.29, 1.82) is 0 Å². The van der Waals surface area contributed by atoms with E-state index in [2.05, 4.69) is 40.4 Å². The highest BCUT2D eigenvalue weighted by molar-refractivity contribution is 5.80. The van der Waals surface area contributed by atoms with Crippen LogP contribution in [0.1, 0.15) is 18.6 Å². The summed E-state index contributed by atoms with van der Waals surface area (Å²) >= 11 is 0. The minimum atomic E-state index is -0.00435. The predicted molar refractivity (Wildman–Crippen MR) is 127 cm³/mol. The molecule has 0 radical (unpaired) electrons. The summed E-state index contributed by atoms with van der Waals surface area (Å²) in [6, 6.07) is 18.4. The van der Waals surface area contributed by atoms with E-state index < -0.39 is 0 Å². The molecule has 168 valence electrons. The van der Waals surface area contributed by atoms with Gasteiger partial charge in [-0.15, -0.1) is 0 Å². The molecule has 7 heteroatoms. The molecule has 0 aliphatic carbocycles. The Balaban J connectivity index is 1.38. The number of ether oxygens (including phenoxy) is 2. The number of rotatable bonds is 7. The molecule has 0 saturated carbocycles. The molecule has 3 aromatic rings. The van der Waals surface area contributed by atoms with E-state index in [1.165, 1.54) is 0 Å². The molecule has 1 aliphatic heterocycles. The van der Waals surface area contributed by atoms with Crippen molar-refractivity contribution in [3.8, 4) is 16.9 Å². The molecule has 4 rings (SSSR count). The minimum absolute atomic E-state index is 0.00435. The van der Waals surface area contributed by atoms with Gasteiger partial charge in [0, 0.05) is 37.5 Å². The molecule has 1 aliphatic rings. The van der Waals surface area contributed by atoms with Crippen molar-refractivity contribution in [2.24, 2.45) is 12.0 Å². The SMILES string of the molecule is CCNC(=NCCOc1ccccc1-c1ccccc1)N1CCOC(c2cnn(C)c2)C1. The van der Waals surface area contributed by atoms with Crippen LogP contribution in [0.4, 0.5) is 0 Å². The number of nitrogens with one attached hydrogen (secondary N) is 1. The molecule has 1 aromatic heterocycles. The first-order chi connectivity index (χ1) is 15.7. The summed E-state index contributed by atoms with van der Waals surface area (Å²) in [5.74, 6) is 1.77. The van der Waals surface area contributed by atoms with Crippen LogP contribution in [0.2, 0.25) is 0 Å². The number of hydrogen-bond acceptors (Lipinski definition) is 4. The number of para-hydroxylation sites is 1. The second kappa shape index (κ2) is 10.8. The molecular weight excluding hydrogens is 402 g/mol. The maximum atomic E-state index is 6.11. The second-order valence-corrected chi connectivity index (χ2v) is 7.70. The Labute approximate surface area is 189 Å². The summed E-state index contributed by atoms with van der Waals surface area (Å²) < 4.78 is 13.9. The topological polar surface area (TPSA) is 63.9 Å². The first kappa shape index (κ1) is 21.9. The van der Waals surface area contributed by atoms with Crippen LogP contribution in [0.15, 0.2) is 72.0 Å². The Hall–Kier alpha value is -3.32. The summed E-state index contributed by atoms with van der Waals surface area (Å²) in [5.41, 5.74) is 3.33. The van der Waals surface area contributed by atoms with E-state index in [0.717, 1.165) is 48.0 Å². The number of aliphatic imine (C=N–C) groups is 1. The largest absolute Gasteiger partial charge is 0.491 e. The fourth-order valence-electron chi connectivity index (χ4n) is 3.83. The Morgan fingerprint density at radius 3 is 2.78 bits per heavy atom. The summed E-state index contributed by atoms with van der Waals surface area (Å²) in [6.07, 6.45) is 3.88. The van der Waals surface area contributed by atoms with Crippen LogP contribution >= 0.6 is 0 Å². The van der Waals surface area contributed by atoms with Crippen LogP contribution in [-0.2, 0) is 11.8 Å². The van der Waals surface area contributed by atoms with Crippen LogP contribution < -0.4 is 10.1 Å². The Morgan fingerprint density at radius 1 is 1.19 bits per heavy atom. The third kappa shape index (κ3) is 5.48. The highest BCUT2D eigenvalue weighted by Crippen LogP contribution is 2.29. The van der Waals surface area contributed by atoms with Crippen molar-refractivity contribution in [2.45, 2.75) is 13.0 Å². The molecule has 0 spiro atoms. The van der Waals surface area contributed by atoms with Gasteiger partial charge in [-0.2, -0.15) is 5.10 Å². The van der Waals surface area contributed by atoms with Crippen LogP contribution in [-0.4, -0.2) is 60.0 Å². The van der Waals surface area contributed by atoms with Crippen molar-refractivity contribution in [1.82, 2.24) is 20.0 Å². The average molecular weight is 434 g/mol. The molecule has 7 nitrogen and oxygen atoms in total. The number of aryl methyl sites for hydroxylation is 1. The van der Waals surface area contributed by atoms with E-state index in [1.807, 2.05) is 60.5 Å². The molecule has 1 N–H and O–H groups in total. The van der Waals surface area contributed by atoms with Crippen molar-refractivity contribution in [3.63, 3.8) is 0 Å². The number of nitrogens with zero attached hydrogens (tertiary/aromatic N) is 4. The van der Waals surface area contributed by atoms with Crippen LogP contribution in [0, 0.1) is 0 Å². The lowest BCUT2D eigenvalue weighted by Gasteiger charge is -2.34. The van der Waals surface area contributed by atoms with Crippen molar-refractivity contribution < 1.29 is 9.47 Å². The van der Waals surface area contributed by atoms with Gasteiger partial charge in [-0.05, 0) is 18.6 Å². The lowest BCUT2D eigenvalue weighted by Crippen LogP contribution is -2.48. The quantitative estimate of drug-likeness (QED) is 0.351. The zero-order chi connectivity index (χ0) is 22.2. The lowest BCUT2D eigenvalue weighted by molar-refractivity contribution is -0.00805. The summed E-state index contributed by atoms with van der Waals surface area (Å²) in [6.45, 7) is 6.18. The monoisotopic (exact) mass is 433 g/mol. The van der Waals surface area contributed by atoms with Gasteiger partial charge in [-0.1, -0.05) is 48.5 Å². The molecule has 2 aromatic carbocycles. The molecule has 0 amide bonds. The second-order valence-electron chi connectivity index (χ2n) is 7.70. The molecule has 2 heterocycles. The van der Waals surface area contributed by atoms with Crippen LogP contribution in [0.5, 0.6) is 5.75 Å². The first-order valence-electron chi connectivity index (χ1n) is 11.1. The highest BCUT2D eigenvalue weighted by Gasteiger charge is 2.25. The molecule has 1 fully saturated rings. The maximum absolute atomic E-state index is 6.11. The molecule has 32 heavy (non-hydrogen) atoms. The zero-order valence-electron chi connectivity index (χ0n) is 18.8. The van der Waals surface area contributed by atoms with Gasteiger partial charge in [0.05, 0.1) is 25.9 Å². The molecule has 0 bridgehead atoms. The van der Waals surface area contributed by atoms with Gasteiger partial charge >= 0.3 is 0 Å². The van der Waals surface area contributed by atoms with E-state index in [-0.39, 0.29) is 6.10 Å². The summed E-state index contributed by atoms with van der Waals surface area (Å²) in [5, 5.41) is 7.68.